The van der Waals surface area contributed by atoms with Crippen LogP contribution in [0, 0.1) is 11.8 Å². The number of esters is 2. The maximum absolute atomic E-state index is 11.8. The summed E-state index contributed by atoms with van der Waals surface area (Å²) in [5.74, 6) is 0.597. The molecule has 0 radical (unpaired) electrons. The van der Waals surface area contributed by atoms with Gasteiger partial charge in [-0.2, -0.15) is 0 Å². The first kappa shape index (κ1) is 18.2. The van der Waals surface area contributed by atoms with Gasteiger partial charge in [-0.1, -0.05) is 0 Å². The summed E-state index contributed by atoms with van der Waals surface area (Å²) in [6.07, 6.45) is 10.4. The standard InChI is InChI=1S/C20H30O6/c21-19(23-11-13-5-7-15-17(9-13)25-15)3-1-2-4-20(22)24-12-14-6-8-16-18(10-14)26-16/h13-18H,1-12H2/t13-,14+,15-,16-,17-,18-/m1/s1. The second kappa shape index (κ2) is 8.26. The van der Waals surface area contributed by atoms with Crippen LogP contribution in [0.2, 0.25) is 0 Å². The van der Waals surface area contributed by atoms with Gasteiger partial charge in [0.25, 0.3) is 0 Å². The molecule has 4 fully saturated rings. The van der Waals surface area contributed by atoms with E-state index in [9.17, 15) is 9.59 Å². The highest BCUT2D eigenvalue weighted by Crippen LogP contribution is 2.40. The van der Waals surface area contributed by atoms with Gasteiger partial charge in [0.2, 0.25) is 0 Å². The van der Waals surface area contributed by atoms with E-state index in [0.717, 1.165) is 38.5 Å². The van der Waals surface area contributed by atoms with Gasteiger partial charge in [0.1, 0.15) is 0 Å². The van der Waals surface area contributed by atoms with E-state index < -0.39 is 0 Å². The number of carbonyl (C=O) groups is 2. The molecule has 0 N–H and O–H groups in total. The topological polar surface area (TPSA) is 77.7 Å². The Morgan fingerprint density at radius 1 is 0.692 bits per heavy atom. The molecule has 6 heteroatoms. The lowest BCUT2D eigenvalue weighted by Crippen LogP contribution is -2.20. The zero-order valence-electron chi connectivity index (χ0n) is 15.4. The van der Waals surface area contributed by atoms with Crippen LogP contribution in [0.25, 0.3) is 0 Å². The summed E-state index contributed by atoms with van der Waals surface area (Å²) in [4.78, 5) is 23.6. The minimum absolute atomic E-state index is 0.154. The van der Waals surface area contributed by atoms with Crippen molar-refractivity contribution >= 4 is 11.9 Å². The lowest BCUT2D eigenvalue weighted by atomic mass is 9.90. The zero-order chi connectivity index (χ0) is 17.9. The molecule has 26 heavy (non-hydrogen) atoms. The summed E-state index contributed by atoms with van der Waals surface area (Å²) >= 11 is 0. The predicted molar refractivity (Wildman–Crippen MR) is 92.4 cm³/mol. The third-order valence-electron chi connectivity index (χ3n) is 6.20. The Balaban J connectivity index is 0.992. The molecule has 2 aliphatic heterocycles. The van der Waals surface area contributed by atoms with E-state index in [1.165, 1.54) is 0 Å². The Hall–Kier alpha value is -1.14. The van der Waals surface area contributed by atoms with E-state index in [-0.39, 0.29) is 11.9 Å². The van der Waals surface area contributed by atoms with Gasteiger partial charge in [-0.15, -0.1) is 0 Å². The molecular formula is C20H30O6. The molecule has 2 saturated heterocycles. The molecule has 0 unspecified atom stereocenters. The zero-order valence-corrected chi connectivity index (χ0v) is 15.4. The van der Waals surface area contributed by atoms with Crippen molar-refractivity contribution in [2.45, 2.75) is 88.6 Å². The second-order valence-electron chi connectivity index (χ2n) is 8.36. The van der Waals surface area contributed by atoms with E-state index in [0.29, 0.717) is 75.1 Å². The van der Waals surface area contributed by atoms with E-state index in [4.69, 9.17) is 18.9 Å². The largest absolute Gasteiger partial charge is 0.465 e. The molecule has 0 amide bonds. The Kier molecular flexibility index (Phi) is 5.79. The van der Waals surface area contributed by atoms with E-state index >= 15 is 0 Å². The number of hydrogen-bond donors (Lipinski definition) is 0. The average molecular weight is 366 g/mol. The number of unbranched alkanes of at least 4 members (excludes halogenated alkanes) is 1. The predicted octanol–water partition coefficient (Wildman–Crippen LogP) is 2.77. The first-order chi connectivity index (χ1) is 12.7. The lowest BCUT2D eigenvalue weighted by molar-refractivity contribution is -0.147. The van der Waals surface area contributed by atoms with Crippen molar-refractivity contribution in [2.75, 3.05) is 13.2 Å². The van der Waals surface area contributed by atoms with Crippen molar-refractivity contribution in [1.29, 1.82) is 0 Å². The maximum atomic E-state index is 11.8. The van der Waals surface area contributed by atoms with E-state index in [2.05, 4.69) is 0 Å². The summed E-state index contributed by atoms with van der Waals surface area (Å²) < 4.78 is 21.7. The quantitative estimate of drug-likeness (QED) is 0.355. The minimum atomic E-state index is -0.154. The number of epoxide rings is 2. The van der Waals surface area contributed by atoms with E-state index in [1.807, 2.05) is 0 Å². The molecule has 0 bridgehead atoms. The first-order valence-electron chi connectivity index (χ1n) is 10.3. The Morgan fingerprint density at radius 2 is 1.15 bits per heavy atom. The van der Waals surface area contributed by atoms with Crippen LogP contribution in [0.4, 0.5) is 0 Å². The Labute approximate surface area is 154 Å². The summed E-state index contributed by atoms with van der Waals surface area (Å²) in [7, 11) is 0. The van der Waals surface area contributed by atoms with Crippen molar-refractivity contribution in [3.8, 4) is 0 Å². The van der Waals surface area contributed by atoms with Crippen LogP contribution in [0.15, 0.2) is 0 Å². The third-order valence-corrected chi connectivity index (χ3v) is 6.20. The van der Waals surface area contributed by atoms with Gasteiger partial charge in [-0.05, 0) is 63.2 Å². The number of ether oxygens (including phenoxy) is 4. The third kappa shape index (κ3) is 5.19. The number of hydrogen-bond acceptors (Lipinski definition) is 6. The normalized spacial score (nSPS) is 37.2. The molecule has 4 aliphatic rings. The van der Waals surface area contributed by atoms with Crippen LogP contribution < -0.4 is 0 Å². The molecule has 2 heterocycles. The Morgan fingerprint density at radius 3 is 1.58 bits per heavy atom. The first-order valence-corrected chi connectivity index (χ1v) is 10.3. The van der Waals surface area contributed by atoms with Crippen molar-refractivity contribution < 1.29 is 28.5 Å². The molecule has 0 aromatic heterocycles. The molecule has 0 spiro atoms. The maximum Gasteiger partial charge on any atom is 0.305 e. The molecule has 0 aromatic carbocycles. The fourth-order valence-electron chi connectivity index (χ4n) is 4.38. The van der Waals surface area contributed by atoms with Gasteiger partial charge < -0.3 is 18.9 Å². The van der Waals surface area contributed by atoms with Gasteiger partial charge in [-0.25, -0.2) is 0 Å². The molecule has 4 rings (SSSR count). The van der Waals surface area contributed by atoms with Crippen LogP contribution in [-0.4, -0.2) is 49.6 Å². The highest BCUT2D eigenvalue weighted by Gasteiger charge is 2.44. The minimum Gasteiger partial charge on any atom is -0.465 e. The van der Waals surface area contributed by atoms with E-state index in [1.54, 1.807) is 0 Å². The van der Waals surface area contributed by atoms with Crippen LogP contribution in [0.1, 0.15) is 64.2 Å². The van der Waals surface area contributed by atoms with Gasteiger partial charge in [0, 0.05) is 12.8 Å². The highest BCUT2D eigenvalue weighted by atomic mass is 16.6. The summed E-state index contributed by atoms with van der Waals surface area (Å²) in [5, 5.41) is 0. The smallest absolute Gasteiger partial charge is 0.305 e. The van der Waals surface area contributed by atoms with Crippen LogP contribution >= 0.6 is 0 Å². The molecule has 6 nitrogen and oxygen atoms in total. The summed E-state index contributed by atoms with van der Waals surface area (Å²) in [6, 6.07) is 0. The van der Waals surface area contributed by atoms with Crippen molar-refractivity contribution in [2.24, 2.45) is 11.8 Å². The van der Waals surface area contributed by atoms with Gasteiger partial charge in [0.15, 0.2) is 0 Å². The molecular weight excluding hydrogens is 336 g/mol. The van der Waals surface area contributed by atoms with Crippen LogP contribution in [-0.2, 0) is 28.5 Å². The van der Waals surface area contributed by atoms with Gasteiger partial charge in [0.05, 0.1) is 37.6 Å². The lowest BCUT2D eigenvalue weighted by Gasteiger charge is -2.18. The monoisotopic (exact) mass is 366 g/mol. The number of rotatable bonds is 9. The van der Waals surface area contributed by atoms with Crippen LogP contribution in [0.3, 0.4) is 0 Å². The fraction of sp³-hybridized carbons (Fsp3) is 0.900. The fourth-order valence-corrected chi connectivity index (χ4v) is 4.38. The SMILES string of the molecule is O=C(CCCCC(=O)OC[C@@H]1CC[C@H]2O[C@@H]2C1)OC[C@H]1CC[C@H]2O[C@@H]2C1. The molecule has 0 aromatic rings. The van der Waals surface area contributed by atoms with Gasteiger partial charge in [-0.3, -0.25) is 9.59 Å². The average Bonchev–Trinajstić information content (AvgIpc) is 3.55. The van der Waals surface area contributed by atoms with Crippen molar-refractivity contribution in [3.05, 3.63) is 0 Å². The summed E-state index contributed by atoms with van der Waals surface area (Å²) in [6.45, 7) is 1.03. The molecule has 6 atom stereocenters. The summed E-state index contributed by atoms with van der Waals surface area (Å²) in [5.41, 5.74) is 0. The molecule has 146 valence electrons. The van der Waals surface area contributed by atoms with Crippen molar-refractivity contribution in [3.63, 3.8) is 0 Å². The molecule has 2 saturated carbocycles. The second-order valence-corrected chi connectivity index (χ2v) is 8.36. The molecule has 2 aliphatic carbocycles. The number of fused-ring (bicyclic) bond motifs is 2. The Bertz CT molecular complexity index is 474. The van der Waals surface area contributed by atoms with Crippen molar-refractivity contribution in [1.82, 2.24) is 0 Å². The highest BCUT2D eigenvalue weighted by molar-refractivity contribution is 5.70. The van der Waals surface area contributed by atoms with Crippen LogP contribution in [0.5, 0.6) is 0 Å². The van der Waals surface area contributed by atoms with Gasteiger partial charge >= 0.3 is 11.9 Å². The number of carbonyl (C=O) groups excluding carboxylic acids is 2.